The highest BCUT2D eigenvalue weighted by Gasteiger charge is 2.21. The maximum Gasteiger partial charge on any atom is 0.224 e. The van der Waals surface area contributed by atoms with Crippen molar-refractivity contribution in [2.75, 3.05) is 6.54 Å². The molecule has 2 aromatic heterocycles. The molecular weight excluding hydrogens is 404 g/mol. The van der Waals surface area contributed by atoms with Gasteiger partial charge in [0.25, 0.3) is 0 Å². The van der Waals surface area contributed by atoms with Crippen LogP contribution in [0.2, 0.25) is 0 Å². The van der Waals surface area contributed by atoms with E-state index >= 15 is 0 Å². The molecule has 0 spiro atoms. The number of aromatic nitrogens is 3. The number of fused-ring (bicyclic) bond motifs is 1. The largest absolute Gasteiger partial charge is 0.354 e. The summed E-state index contributed by atoms with van der Waals surface area (Å²) in [5.74, 6) is 0.0552. The van der Waals surface area contributed by atoms with Crippen LogP contribution in [-0.4, -0.2) is 32.5 Å². The summed E-state index contributed by atoms with van der Waals surface area (Å²) in [4.78, 5) is 17.8. The third-order valence-electron chi connectivity index (χ3n) is 5.52. The lowest BCUT2D eigenvalue weighted by Crippen LogP contribution is -2.29. The molecule has 1 aliphatic carbocycles. The molecule has 6 heteroatoms. The number of hydrogen-bond donors (Lipinski definition) is 1. The molecule has 0 bridgehead atoms. The molecule has 0 aliphatic heterocycles. The second-order valence-electron chi connectivity index (χ2n) is 8.28. The van der Waals surface area contributed by atoms with Gasteiger partial charge in [0.05, 0.1) is 18.7 Å². The summed E-state index contributed by atoms with van der Waals surface area (Å²) in [6, 6.07) is 12.3. The molecule has 0 fully saturated rings. The molecule has 0 saturated carbocycles. The summed E-state index contributed by atoms with van der Waals surface area (Å²) in [6.45, 7) is 5.65. The lowest BCUT2D eigenvalue weighted by Gasteiger charge is -2.14. The van der Waals surface area contributed by atoms with Crippen LogP contribution in [0.25, 0.3) is 11.3 Å². The molecule has 1 aliphatic rings. The fourth-order valence-electron chi connectivity index (χ4n) is 4.10. The molecule has 3 aromatic rings. The van der Waals surface area contributed by atoms with Crippen LogP contribution < -0.4 is 5.32 Å². The first-order valence-corrected chi connectivity index (χ1v) is 12.0. The number of hydrogen-bond acceptors (Lipinski definition) is 4. The second kappa shape index (κ2) is 10.1. The van der Waals surface area contributed by atoms with Gasteiger partial charge in [0.2, 0.25) is 5.91 Å². The molecule has 1 amide bonds. The van der Waals surface area contributed by atoms with Crippen molar-refractivity contribution in [1.82, 2.24) is 20.1 Å². The Kier molecular flexibility index (Phi) is 7.07. The van der Waals surface area contributed by atoms with Gasteiger partial charge in [0, 0.05) is 45.9 Å². The third kappa shape index (κ3) is 5.56. The van der Waals surface area contributed by atoms with Crippen molar-refractivity contribution < 1.29 is 4.79 Å². The first kappa shape index (κ1) is 21.6. The average molecular weight is 435 g/mol. The molecule has 1 aromatic carbocycles. The van der Waals surface area contributed by atoms with Gasteiger partial charge in [-0.3, -0.25) is 14.5 Å². The third-order valence-corrected chi connectivity index (χ3v) is 6.53. The van der Waals surface area contributed by atoms with Crippen LogP contribution in [0.4, 0.5) is 0 Å². The Bertz CT molecular complexity index is 1010. The van der Waals surface area contributed by atoms with E-state index in [-0.39, 0.29) is 5.91 Å². The van der Waals surface area contributed by atoms with Crippen LogP contribution in [0.15, 0.2) is 53.7 Å². The van der Waals surface area contributed by atoms with Crippen LogP contribution in [0, 0.1) is 0 Å². The van der Waals surface area contributed by atoms with Crippen LogP contribution in [-0.2, 0) is 30.6 Å². The molecule has 5 nitrogen and oxygen atoms in total. The number of carbonyl (C=O) groups excluding carboxylic acids is 1. The molecule has 2 heterocycles. The maximum absolute atomic E-state index is 12.4. The molecule has 0 saturated heterocycles. The Labute approximate surface area is 188 Å². The molecule has 0 atom stereocenters. The first-order valence-electron chi connectivity index (χ1n) is 11.1. The average Bonchev–Trinajstić information content (AvgIpc) is 3.14. The van der Waals surface area contributed by atoms with Gasteiger partial charge in [-0.05, 0) is 55.5 Å². The fourth-order valence-corrected chi connectivity index (χ4v) is 4.94. The lowest BCUT2D eigenvalue weighted by molar-refractivity contribution is -0.120. The van der Waals surface area contributed by atoms with Crippen molar-refractivity contribution in [3.05, 3.63) is 65.6 Å². The van der Waals surface area contributed by atoms with Gasteiger partial charge in [0.15, 0.2) is 0 Å². The van der Waals surface area contributed by atoms with E-state index in [1.54, 1.807) is 0 Å². The van der Waals surface area contributed by atoms with Crippen LogP contribution in [0.1, 0.15) is 43.5 Å². The Morgan fingerprint density at radius 3 is 2.58 bits per heavy atom. The minimum atomic E-state index is 0.0552. The Balaban J connectivity index is 1.35. The number of amides is 1. The van der Waals surface area contributed by atoms with E-state index in [0.717, 1.165) is 29.7 Å². The van der Waals surface area contributed by atoms with Crippen molar-refractivity contribution >= 4 is 17.7 Å². The summed E-state index contributed by atoms with van der Waals surface area (Å²) in [7, 11) is 0. The van der Waals surface area contributed by atoms with Crippen molar-refractivity contribution in [3.63, 3.8) is 0 Å². The number of nitrogens with one attached hydrogen (secondary N) is 1. The molecule has 162 valence electrons. The summed E-state index contributed by atoms with van der Waals surface area (Å²) < 4.78 is 2.10. The topological polar surface area (TPSA) is 59.8 Å². The molecular formula is C25H30N4OS. The summed E-state index contributed by atoms with van der Waals surface area (Å²) in [6.07, 6.45) is 8.59. The van der Waals surface area contributed by atoms with Crippen molar-refractivity contribution in [2.24, 2.45) is 0 Å². The highest BCUT2D eigenvalue weighted by molar-refractivity contribution is 7.99. The van der Waals surface area contributed by atoms with Crippen molar-refractivity contribution in [3.8, 4) is 11.3 Å². The zero-order valence-electron chi connectivity index (χ0n) is 18.3. The zero-order chi connectivity index (χ0) is 21.6. The van der Waals surface area contributed by atoms with Crippen LogP contribution in [0.5, 0.6) is 0 Å². The minimum Gasteiger partial charge on any atom is -0.354 e. The Morgan fingerprint density at radius 1 is 1.10 bits per heavy atom. The standard InChI is InChI=1S/C25H30N4OS/c1-18(2)31-21-9-7-19(8-10-21)17-24(30)27-15-16-29-23-6-4-3-5-22(23)25(28-29)20-11-13-26-14-12-20/h7-14,18H,3-6,15-17H2,1-2H3,(H,27,30). The number of carbonyl (C=O) groups is 1. The van der Waals surface area contributed by atoms with Crippen molar-refractivity contribution in [1.29, 1.82) is 0 Å². The number of benzene rings is 1. The van der Waals surface area contributed by atoms with Crippen molar-refractivity contribution in [2.45, 2.75) is 62.6 Å². The predicted molar refractivity (Wildman–Crippen MR) is 126 cm³/mol. The van der Waals surface area contributed by atoms with E-state index in [1.165, 1.54) is 29.0 Å². The van der Waals surface area contributed by atoms with E-state index in [1.807, 2.05) is 36.3 Å². The summed E-state index contributed by atoms with van der Waals surface area (Å²) in [5, 5.41) is 8.54. The van der Waals surface area contributed by atoms with Gasteiger partial charge >= 0.3 is 0 Å². The van der Waals surface area contributed by atoms with Gasteiger partial charge in [-0.25, -0.2) is 0 Å². The Morgan fingerprint density at radius 2 is 1.84 bits per heavy atom. The zero-order valence-corrected chi connectivity index (χ0v) is 19.1. The quantitative estimate of drug-likeness (QED) is 0.523. The number of thioether (sulfide) groups is 1. The molecule has 0 radical (unpaired) electrons. The van der Waals surface area contributed by atoms with Crippen LogP contribution in [0.3, 0.4) is 0 Å². The van der Waals surface area contributed by atoms with Gasteiger partial charge in [-0.2, -0.15) is 5.10 Å². The fraction of sp³-hybridized carbons (Fsp3) is 0.400. The Hall–Kier alpha value is -2.60. The molecule has 31 heavy (non-hydrogen) atoms. The molecule has 4 rings (SSSR count). The highest BCUT2D eigenvalue weighted by atomic mass is 32.2. The van der Waals surface area contributed by atoms with Gasteiger partial charge in [-0.1, -0.05) is 26.0 Å². The van der Waals surface area contributed by atoms with Crippen LogP contribution >= 0.6 is 11.8 Å². The number of pyridine rings is 1. The monoisotopic (exact) mass is 434 g/mol. The molecule has 0 unspecified atom stereocenters. The normalized spacial score (nSPS) is 13.3. The van der Waals surface area contributed by atoms with E-state index in [9.17, 15) is 4.79 Å². The molecule has 1 N–H and O–H groups in total. The summed E-state index contributed by atoms with van der Waals surface area (Å²) >= 11 is 1.84. The second-order valence-corrected chi connectivity index (χ2v) is 9.93. The van der Waals surface area contributed by atoms with Gasteiger partial charge in [-0.15, -0.1) is 11.8 Å². The predicted octanol–water partition coefficient (Wildman–Crippen LogP) is 4.68. The van der Waals surface area contributed by atoms with E-state index in [0.29, 0.717) is 24.8 Å². The number of rotatable bonds is 8. The smallest absolute Gasteiger partial charge is 0.224 e. The van der Waals surface area contributed by atoms with E-state index in [4.69, 9.17) is 5.10 Å². The van der Waals surface area contributed by atoms with E-state index < -0.39 is 0 Å². The number of nitrogens with zero attached hydrogens (tertiary/aromatic N) is 3. The minimum absolute atomic E-state index is 0.0552. The first-order chi connectivity index (χ1) is 15.1. The highest BCUT2D eigenvalue weighted by Crippen LogP contribution is 2.30. The van der Waals surface area contributed by atoms with E-state index in [2.05, 4.69) is 53.1 Å². The maximum atomic E-state index is 12.4. The SMILES string of the molecule is CC(C)Sc1ccc(CC(=O)NCCn2nc(-c3ccncc3)c3c2CCCC3)cc1. The summed E-state index contributed by atoms with van der Waals surface area (Å²) in [5.41, 5.74) is 5.92. The lowest BCUT2D eigenvalue weighted by atomic mass is 9.94. The van der Waals surface area contributed by atoms with Gasteiger partial charge in [0.1, 0.15) is 0 Å². The van der Waals surface area contributed by atoms with Gasteiger partial charge < -0.3 is 5.32 Å².